The van der Waals surface area contributed by atoms with Gasteiger partial charge >= 0.3 is 6.09 Å². The van der Waals surface area contributed by atoms with E-state index in [9.17, 15) is 4.79 Å². The topological polar surface area (TPSA) is 47.6 Å². The summed E-state index contributed by atoms with van der Waals surface area (Å²) < 4.78 is 10.4. The number of hydrogen-bond donors (Lipinski definition) is 1. The van der Waals surface area contributed by atoms with Crippen LogP contribution in [0.15, 0.2) is 0 Å². The summed E-state index contributed by atoms with van der Waals surface area (Å²) in [4.78, 5) is 11.4. The average molecular weight is 229 g/mol. The molecule has 1 fully saturated rings. The van der Waals surface area contributed by atoms with Gasteiger partial charge in [0.05, 0.1) is 12.7 Å². The van der Waals surface area contributed by atoms with E-state index in [1.54, 1.807) is 7.11 Å². The van der Waals surface area contributed by atoms with E-state index in [-0.39, 0.29) is 18.2 Å². The molecule has 2 unspecified atom stereocenters. The number of amides is 1. The van der Waals surface area contributed by atoms with Gasteiger partial charge in [0.1, 0.15) is 0 Å². The van der Waals surface area contributed by atoms with Gasteiger partial charge in [-0.3, -0.25) is 0 Å². The molecule has 0 aromatic carbocycles. The van der Waals surface area contributed by atoms with Crippen LogP contribution in [0.1, 0.15) is 45.4 Å². The number of unbranched alkanes of at least 4 members (excludes halogenated alkanes) is 1. The van der Waals surface area contributed by atoms with Crippen molar-refractivity contribution in [2.45, 2.75) is 57.6 Å². The number of carbonyl (C=O) groups excluding carboxylic acids is 1. The SMILES string of the molecule is CCCCOC(=O)NC1CCCC(OC)C1. The molecule has 0 radical (unpaired) electrons. The Hall–Kier alpha value is -0.770. The Morgan fingerprint density at radius 3 is 2.94 bits per heavy atom. The molecule has 16 heavy (non-hydrogen) atoms. The van der Waals surface area contributed by atoms with Crippen molar-refractivity contribution in [2.75, 3.05) is 13.7 Å². The summed E-state index contributed by atoms with van der Waals surface area (Å²) in [5.41, 5.74) is 0. The fraction of sp³-hybridized carbons (Fsp3) is 0.917. The number of ether oxygens (including phenoxy) is 2. The monoisotopic (exact) mass is 229 g/mol. The lowest BCUT2D eigenvalue weighted by Gasteiger charge is -2.28. The molecule has 0 aromatic heterocycles. The van der Waals surface area contributed by atoms with Gasteiger partial charge < -0.3 is 14.8 Å². The highest BCUT2D eigenvalue weighted by atomic mass is 16.5. The first-order valence-electron chi connectivity index (χ1n) is 6.22. The van der Waals surface area contributed by atoms with Gasteiger partial charge in [0.2, 0.25) is 0 Å². The van der Waals surface area contributed by atoms with Crippen LogP contribution in [0.2, 0.25) is 0 Å². The maximum Gasteiger partial charge on any atom is 0.407 e. The first kappa shape index (κ1) is 13.3. The minimum Gasteiger partial charge on any atom is -0.450 e. The molecule has 0 aromatic rings. The van der Waals surface area contributed by atoms with Crippen LogP contribution in [0.4, 0.5) is 4.79 Å². The van der Waals surface area contributed by atoms with Crippen LogP contribution in [0.25, 0.3) is 0 Å². The Balaban J connectivity index is 2.17. The van der Waals surface area contributed by atoms with Crippen LogP contribution < -0.4 is 5.32 Å². The molecule has 4 nitrogen and oxygen atoms in total. The molecule has 1 N–H and O–H groups in total. The van der Waals surface area contributed by atoms with E-state index in [0.29, 0.717) is 6.61 Å². The summed E-state index contributed by atoms with van der Waals surface area (Å²) in [5.74, 6) is 0. The minimum atomic E-state index is -0.282. The standard InChI is InChI=1S/C12H23NO3/c1-3-4-8-16-12(14)13-10-6-5-7-11(9-10)15-2/h10-11H,3-9H2,1-2H3,(H,13,14). The lowest BCUT2D eigenvalue weighted by atomic mass is 9.93. The summed E-state index contributed by atoms with van der Waals surface area (Å²) in [6, 6.07) is 0.216. The predicted octanol–water partition coefficient (Wildman–Crippen LogP) is 2.47. The zero-order valence-corrected chi connectivity index (χ0v) is 10.3. The first-order valence-corrected chi connectivity index (χ1v) is 6.22. The van der Waals surface area contributed by atoms with Gasteiger partial charge in [0.25, 0.3) is 0 Å². The zero-order valence-electron chi connectivity index (χ0n) is 10.3. The molecule has 1 aliphatic carbocycles. The highest BCUT2D eigenvalue weighted by Gasteiger charge is 2.23. The summed E-state index contributed by atoms with van der Waals surface area (Å²) in [6.07, 6.45) is 6.12. The van der Waals surface area contributed by atoms with Crippen molar-refractivity contribution < 1.29 is 14.3 Å². The van der Waals surface area contributed by atoms with Crippen molar-refractivity contribution in [3.63, 3.8) is 0 Å². The minimum absolute atomic E-state index is 0.216. The molecule has 1 amide bonds. The molecule has 0 heterocycles. The molecule has 1 rings (SSSR count). The van der Waals surface area contributed by atoms with E-state index in [1.807, 2.05) is 0 Å². The van der Waals surface area contributed by atoms with Crippen LogP contribution in [0.5, 0.6) is 0 Å². The highest BCUT2D eigenvalue weighted by Crippen LogP contribution is 2.20. The largest absolute Gasteiger partial charge is 0.450 e. The molecular formula is C12H23NO3. The Bertz CT molecular complexity index is 208. The maximum atomic E-state index is 11.4. The summed E-state index contributed by atoms with van der Waals surface area (Å²) in [5, 5.41) is 2.90. The van der Waals surface area contributed by atoms with Gasteiger partial charge in [-0.2, -0.15) is 0 Å². The van der Waals surface area contributed by atoms with E-state index < -0.39 is 0 Å². The average Bonchev–Trinajstić information content (AvgIpc) is 2.29. The van der Waals surface area contributed by atoms with Crippen LogP contribution in [0.3, 0.4) is 0 Å². The Morgan fingerprint density at radius 1 is 1.44 bits per heavy atom. The van der Waals surface area contributed by atoms with E-state index in [4.69, 9.17) is 9.47 Å². The van der Waals surface area contributed by atoms with Crippen LogP contribution in [-0.4, -0.2) is 32.0 Å². The molecular weight excluding hydrogens is 206 g/mol. The van der Waals surface area contributed by atoms with E-state index in [1.165, 1.54) is 0 Å². The molecule has 0 saturated heterocycles. The normalized spacial score (nSPS) is 25.1. The highest BCUT2D eigenvalue weighted by molar-refractivity contribution is 5.67. The fourth-order valence-corrected chi connectivity index (χ4v) is 2.01. The van der Waals surface area contributed by atoms with Crippen molar-refractivity contribution in [1.82, 2.24) is 5.32 Å². The molecule has 0 bridgehead atoms. The van der Waals surface area contributed by atoms with Crippen molar-refractivity contribution in [2.24, 2.45) is 0 Å². The van der Waals surface area contributed by atoms with Crippen LogP contribution >= 0.6 is 0 Å². The van der Waals surface area contributed by atoms with Crippen LogP contribution in [0, 0.1) is 0 Å². The summed E-state index contributed by atoms with van der Waals surface area (Å²) in [7, 11) is 1.73. The molecule has 4 heteroatoms. The molecule has 0 aliphatic heterocycles. The van der Waals surface area contributed by atoms with Crippen LogP contribution in [-0.2, 0) is 9.47 Å². The number of carbonyl (C=O) groups is 1. The zero-order chi connectivity index (χ0) is 11.8. The summed E-state index contributed by atoms with van der Waals surface area (Å²) in [6.45, 7) is 2.59. The molecule has 94 valence electrons. The van der Waals surface area contributed by atoms with Crippen molar-refractivity contribution >= 4 is 6.09 Å². The molecule has 1 saturated carbocycles. The summed E-state index contributed by atoms with van der Waals surface area (Å²) >= 11 is 0. The molecule has 1 aliphatic rings. The second-order valence-electron chi connectivity index (χ2n) is 4.36. The number of methoxy groups -OCH3 is 1. The number of hydrogen-bond acceptors (Lipinski definition) is 3. The van der Waals surface area contributed by atoms with Crippen molar-refractivity contribution in [3.05, 3.63) is 0 Å². The van der Waals surface area contributed by atoms with E-state index in [2.05, 4.69) is 12.2 Å². The van der Waals surface area contributed by atoms with Gasteiger partial charge in [0, 0.05) is 13.2 Å². The number of nitrogens with one attached hydrogen (secondary N) is 1. The van der Waals surface area contributed by atoms with E-state index >= 15 is 0 Å². The molecule has 2 atom stereocenters. The van der Waals surface area contributed by atoms with Gasteiger partial charge in [-0.15, -0.1) is 0 Å². The van der Waals surface area contributed by atoms with Crippen molar-refractivity contribution in [1.29, 1.82) is 0 Å². The Kier molecular flexibility index (Phi) is 6.23. The molecule has 0 spiro atoms. The lowest BCUT2D eigenvalue weighted by molar-refractivity contribution is 0.0569. The van der Waals surface area contributed by atoms with Gasteiger partial charge in [-0.05, 0) is 32.1 Å². The quantitative estimate of drug-likeness (QED) is 0.737. The van der Waals surface area contributed by atoms with Crippen molar-refractivity contribution in [3.8, 4) is 0 Å². The predicted molar refractivity (Wildman–Crippen MR) is 62.4 cm³/mol. The first-order chi connectivity index (χ1) is 7.76. The number of alkyl carbamates (subject to hydrolysis) is 1. The smallest absolute Gasteiger partial charge is 0.407 e. The lowest BCUT2D eigenvalue weighted by Crippen LogP contribution is -2.40. The fourth-order valence-electron chi connectivity index (χ4n) is 2.01. The van der Waals surface area contributed by atoms with E-state index in [0.717, 1.165) is 38.5 Å². The van der Waals surface area contributed by atoms with Gasteiger partial charge in [-0.1, -0.05) is 13.3 Å². The third-order valence-corrected chi connectivity index (χ3v) is 3.01. The third kappa shape index (κ3) is 4.84. The second-order valence-corrected chi connectivity index (χ2v) is 4.36. The van der Waals surface area contributed by atoms with Gasteiger partial charge in [-0.25, -0.2) is 4.79 Å². The third-order valence-electron chi connectivity index (χ3n) is 3.01. The Morgan fingerprint density at radius 2 is 2.25 bits per heavy atom. The second kappa shape index (κ2) is 7.49. The number of rotatable bonds is 5. The maximum absolute atomic E-state index is 11.4. The van der Waals surface area contributed by atoms with Gasteiger partial charge in [0.15, 0.2) is 0 Å². The Labute approximate surface area is 97.7 Å².